The van der Waals surface area contributed by atoms with Crippen LogP contribution >= 0.6 is 0 Å². The molecular formula is C7H14FN. The number of nitrogens with one attached hydrogen (secondary N) is 1. The molecule has 1 rings (SSSR count). The average Bonchev–Trinajstić information content (AvgIpc) is 1.60. The van der Waals surface area contributed by atoms with Gasteiger partial charge in [0.1, 0.15) is 6.17 Å². The minimum atomic E-state index is -0.591. The van der Waals surface area contributed by atoms with Crippen molar-refractivity contribution in [2.75, 3.05) is 13.1 Å². The van der Waals surface area contributed by atoms with Gasteiger partial charge in [0.05, 0.1) is 0 Å². The van der Waals surface area contributed by atoms with Crippen LogP contribution in [0.25, 0.3) is 0 Å². The van der Waals surface area contributed by atoms with Crippen LogP contribution in [-0.2, 0) is 0 Å². The van der Waals surface area contributed by atoms with E-state index in [9.17, 15) is 4.39 Å². The van der Waals surface area contributed by atoms with Crippen LogP contribution in [0, 0.1) is 11.8 Å². The molecule has 0 spiro atoms. The largest absolute Gasteiger partial charge is 0.316 e. The van der Waals surface area contributed by atoms with E-state index < -0.39 is 6.17 Å². The maximum absolute atomic E-state index is 12.9. The lowest BCUT2D eigenvalue weighted by atomic mass is 9.90. The van der Waals surface area contributed by atoms with Gasteiger partial charge in [0.2, 0.25) is 0 Å². The van der Waals surface area contributed by atoms with Gasteiger partial charge in [-0.25, -0.2) is 4.39 Å². The van der Waals surface area contributed by atoms with Gasteiger partial charge >= 0.3 is 0 Å². The van der Waals surface area contributed by atoms with Gasteiger partial charge in [-0.05, 0) is 5.92 Å². The molecule has 54 valence electrons. The molecule has 1 heterocycles. The lowest BCUT2D eigenvalue weighted by Gasteiger charge is -2.31. The number of halogens is 1. The van der Waals surface area contributed by atoms with Crippen LogP contribution in [0.5, 0.6) is 0 Å². The van der Waals surface area contributed by atoms with Gasteiger partial charge in [-0.2, -0.15) is 0 Å². The van der Waals surface area contributed by atoms with E-state index in [1.165, 1.54) is 0 Å². The third kappa shape index (κ3) is 1.42. The first-order chi connectivity index (χ1) is 4.22. The quantitative estimate of drug-likeness (QED) is 0.593. The van der Waals surface area contributed by atoms with Crippen molar-refractivity contribution in [2.24, 2.45) is 11.8 Å². The molecule has 1 N–H and O–H groups in total. The first-order valence-electron chi connectivity index (χ1n) is 3.56. The van der Waals surface area contributed by atoms with Gasteiger partial charge in [-0.3, -0.25) is 0 Å². The van der Waals surface area contributed by atoms with Crippen molar-refractivity contribution in [3.8, 4) is 0 Å². The van der Waals surface area contributed by atoms with Gasteiger partial charge in [0.25, 0.3) is 0 Å². The molecule has 1 aliphatic heterocycles. The molecule has 0 aromatic carbocycles. The highest BCUT2D eigenvalue weighted by atomic mass is 19.1. The second-order valence-electron chi connectivity index (χ2n) is 3.11. The second kappa shape index (κ2) is 2.65. The van der Waals surface area contributed by atoms with Crippen molar-refractivity contribution in [2.45, 2.75) is 20.0 Å². The van der Waals surface area contributed by atoms with Gasteiger partial charge in [0, 0.05) is 19.0 Å². The van der Waals surface area contributed by atoms with Gasteiger partial charge < -0.3 is 5.32 Å². The number of alkyl halides is 1. The zero-order valence-electron chi connectivity index (χ0n) is 6.02. The van der Waals surface area contributed by atoms with Crippen LogP contribution in [-0.4, -0.2) is 19.3 Å². The van der Waals surface area contributed by atoms with E-state index >= 15 is 0 Å². The van der Waals surface area contributed by atoms with Gasteiger partial charge in [-0.15, -0.1) is 0 Å². The summed E-state index contributed by atoms with van der Waals surface area (Å²) in [5, 5.41) is 3.06. The summed E-state index contributed by atoms with van der Waals surface area (Å²) in [6.45, 7) is 5.62. The fourth-order valence-corrected chi connectivity index (χ4v) is 1.08. The maximum atomic E-state index is 12.9. The van der Waals surface area contributed by atoms with Crippen molar-refractivity contribution in [1.29, 1.82) is 0 Å². The Kier molecular flexibility index (Phi) is 2.06. The van der Waals surface area contributed by atoms with Crippen LogP contribution in [0.2, 0.25) is 0 Å². The number of rotatable bonds is 2. The second-order valence-corrected chi connectivity index (χ2v) is 3.11. The molecule has 1 aliphatic rings. The normalized spacial score (nSPS) is 24.0. The Bertz CT molecular complexity index is 88.9. The summed E-state index contributed by atoms with van der Waals surface area (Å²) in [5.41, 5.74) is 0. The Labute approximate surface area is 55.6 Å². The van der Waals surface area contributed by atoms with Crippen molar-refractivity contribution < 1.29 is 4.39 Å². The molecule has 1 saturated heterocycles. The maximum Gasteiger partial charge on any atom is 0.108 e. The molecule has 0 amide bonds. The monoisotopic (exact) mass is 131 g/mol. The molecule has 0 aromatic rings. The highest BCUT2D eigenvalue weighted by Crippen LogP contribution is 2.19. The zero-order chi connectivity index (χ0) is 6.85. The predicted molar refractivity (Wildman–Crippen MR) is 36.1 cm³/mol. The fourth-order valence-electron chi connectivity index (χ4n) is 1.08. The summed E-state index contributed by atoms with van der Waals surface area (Å²) in [7, 11) is 0. The van der Waals surface area contributed by atoms with E-state index in [1.807, 2.05) is 13.8 Å². The summed E-state index contributed by atoms with van der Waals surface area (Å²) in [6.07, 6.45) is -0.591. The summed E-state index contributed by atoms with van der Waals surface area (Å²) in [4.78, 5) is 0. The first kappa shape index (κ1) is 7.00. The van der Waals surface area contributed by atoms with E-state index in [0.717, 1.165) is 13.1 Å². The van der Waals surface area contributed by atoms with E-state index in [0.29, 0.717) is 5.92 Å². The SMILES string of the molecule is CC(C)C(F)C1CNC1. The molecule has 1 atom stereocenters. The predicted octanol–water partition coefficient (Wildman–Crippen LogP) is 1.20. The van der Waals surface area contributed by atoms with Crippen LogP contribution in [0.15, 0.2) is 0 Å². The lowest BCUT2D eigenvalue weighted by molar-refractivity contribution is 0.125. The topological polar surface area (TPSA) is 12.0 Å². The molecule has 0 bridgehead atoms. The fraction of sp³-hybridized carbons (Fsp3) is 1.00. The number of hydrogen-bond acceptors (Lipinski definition) is 1. The summed E-state index contributed by atoms with van der Waals surface area (Å²) in [5.74, 6) is 0.488. The molecule has 0 aromatic heterocycles. The Morgan fingerprint density at radius 3 is 2.11 bits per heavy atom. The van der Waals surface area contributed by atoms with Crippen LogP contribution in [0.3, 0.4) is 0 Å². The smallest absolute Gasteiger partial charge is 0.108 e. The molecule has 1 fully saturated rings. The first-order valence-corrected chi connectivity index (χ1v) is 3.56. The molecule has 2 heteroatoms. The van der Waals surface area contributed by atoms with E-state index in [4.69, 9.17) is 0 Å². The third-order valence-corrected chi connectivity index (χ3v) is 1.90. The van der Waals surface area contributed by atoms with Gasteiger partial charge in [-0.1, -0.05) is 13.8 Å². The minimum absolute atomic E-state index is 0.192. The van der Waals surface area contributed by atoms with E-state index in [2.05, 4.69) is 5.32 Å². The van der Waals surface area contributed by atoms with Crippen LogP contribution in [0.4, 0.5) is 4.39 Å². The summed E-state index contributed by atoms with van der Waals surface area (Å²) >= 11 is 0. The summed E-state index contributed by atoms with van der Waals surface area (Å²) < 4.78 is 12.9. The average molecular weight is 131 g/mol. The van der Waals surface area contributed by atoms with E-state index in [-0.39, 0.29) is 5.92 Å². The third-order valence-electron chi connectivity index (χ3n) is 1.90. The van der Waals surface area contributed by atoms with Crippen LogP contribution in [0.1, 0.15) is 13.8 Å². The Balaban J connectivity index is 2.23. The molecule has 1 nitrogen and oxygen atoms in total. The lowest BCUT2D eigenvalue weighted by Crippen LogP contribution is -2.48. The highest BCUT2D eigenvalue weighted by molar-refractivity contribution is 4.82. The minimum Gasteiger partial charge on any atom is -0.316 e. The molecule has 9 heavy (non-hydrogen) atoms. The Morgan fingerprint density at radius 2 is 2.00 bits per heavy atom. The zero-order valence-corrected chi connectivity index (χ0v) is 6.02. The van der Waals surface area contributed by atoms with Crippen molar-refractivity contribution in [3.05, 3.63) is 0 Å². The van der Waals surface area contributed by atoms with Crippen molar-refractivity contribution in [1.82, 2.24) is 5.32 Å². The van der Waals surface area contributed by atoms with Crippen molar-refractivity contribution in [3.63, 3.8) is 0 Å². The standard InChI is InChI=1S/C7H14FN/c1-5(2)7(8)6-3-9-4-6/h5-7,9H,3-4H2,1-2H3. The molecule has 0 aliphatic carbocycles. The van der Waals surface area contributed by atoms with E-state index in [1.54, 1.807) is 0 Å². The Morgan fingerprint density at radius 1 is 1.44 bits per heavy atom. The summed E-state index contributed by atoms with van der Waals surface area (Å²) in [6, 6.07) is 0. The molecule has 0 saturated carbocycles. The van der Waals surface area contributed by atoms with Crippen LogP contribution < -0.4 is 5.32 Å². The highest BCUT2D eigenvalue weighted by Gasteiger charge is 2.28. The molecule has 0 radical (unpaired) electrons. The van der Waals surface area contributed by atoms with Crippen molar-refractivity contribution >= 4 is 0 Å². The molecule has 1 unspecified atom stereocenters. The number of hydrogen-bond donors (Lipinski definition) is 1. The Hall–Kier alpha value is -0.110. The molecular weight excluding hydrogens is 117 g/mol. The van der Waals surface area contributed by atoms with Gasteiger partial charge in [0.15, 0.2) is 0 Å².